The molecule has 53 heavy (non-hydrogen) atoms. The van der Waals surface area contributed by atoms with Crippen LogP contribution in [0.15, 0.2) is 35.2 Å². The van der Waals surface area contributed by atoms with E-state index in [0.29, 0.717) is 11.8 Å². The van der Waals surface area contributed by atoms with E-state index in [0.717, 1.165) is 42.2 Å². The van der Waals surface area contributed by atoms with Crippen molar-refractivity contribution < 1.29 is 42.5 Å². The smallest absolute Gasteiger partial charge is 0.744 e. The Morgan fingerprint density at radius 3 is 1.08 bits per heavy atom. The third kappa shape index (κ3) is 25.5. The first kappa shape index (κ1) is 50.6. The molecule has 2 aromatic carbocycles. The van der Waals surface area contributed by atoms with Crippen LogP contribution < -0.4 is 29.6 Å². The van der Waals surface area contributed by atoms with Crippen molar-refractivity contribution in [1.82, 2.24) is 0 Å². The van der Waals surface area contributed by atoms with E-state index >= 15 is 0 Å². The summed E-state index contributed by atoms with van der Waals surface area (Å²) in [5.41, 5.74) is 1.90. The topological polar surface area (TPSA) is 57.2 Å². The molecule has 0 fully saturated rings. The van der Waals surface area contributed by atoms with E-state index in [1.807, 2.05) is 24.3 Å². The van der Waals surface area contributed by atoms with E-state index in [9.17, 15) is 13.0 Å². The van der Waals surface area contributed by atoms with E-state index in [1.54, 1.807) is 0 Å². The van der Waals surface area contributed by atoms with Crippen LogP contribution in [0.2, 0.25) is 0 Å². The van der Waals surface area contributed by atoms with Crippen LogP contribution in [0.1, 0.15) is 243 Å². The normalized spacial score (nSPS) is 11.8. The Morgan fingerprint density at radius 2 is 0.736 bits per heavy atom. The van der Waals surface area contributed by atoms with Gasteiger partial charge >= 0.3 is 29.6 Å². The fourth-order valence-corrected chi connectivity index (χ4v) is 9.25. The SMILES string of the molecule is CCCCCCCCCCCCCCCCCCCc1cc2ccccc2c(S(=O)(=O)[O-])c1CCCCCCCCCCCCCCCCCCC.[Na+]. The molecule has 0 amide bonds. The van der Waals surface area contributed by atoms with Crippen molar-refractivity contribution in [1.29, 1.82) is 0 Å². The van der Waals surface area contributed by atoms with Crippen LogP contribution in [0, 0.1) is 0 Å². The van der Waals surface area contributed by atoms with Gasteiger partial charge < -0.3 is 4.55 Å². The van der Waals surface area contributed by atoms with Gasteiger partial charge in [-0.1, -0.05) is 250 Å². The van der Waals surface area contributed by atoms with Gasteiger partial charge in [0.05, 0.1) is 4.90 Å². The first-order valence-electron chi connectivity index (χ1n) is 23.0. The van der Waals surface area contributed by atoms with Gasteiger partial charge in [-0.15, -0.1) is 0 Å². The van der Waals surface area contributed by atoms with Gasteiger partial charge in [0.1, 0.15) is 10.1 Å². The summed E-state index contributed by atoms with van der Waals surface area (Å²) in [6.45, 7) is 4.57. The summed E-state index contributed by atoms with van der Waals surface area (Å²) in [5, 5.41) is 1.48. The summed E-state index contributed by atoms with van der Waals surface area (Å²) < 4.78 is 38.0. The molecule has 5 heteroatoms. The van der Waals surface area contributed by atoms with Crippen molar-refractivity contribution >= 4 is 20.9 Å². The number of benzene rings is 2. The largest absolute Gasteiger partial charge is 1.00 e. The molecule has 0 bridgehead atoms. The number of rotatable bonds is 37. The van der Waals surface area contributed by atoms with E-state index in [1.165, 1.54) is 199 Å². The third-order valence-electron chi connectivity index (χ3n) is 11.5. The number of unbranched alkanes of at least 4 members (excludes halogenated alkanes) is 32. The fraction of sp³-hybridized carbons (Fsp3) is 0.792. The van der Waals surface area contributed by atoms with Crippen molar-refractivity contribution in [2.75, 3.05) is 0 Å². The molecule has 3 nitrogen and oxygen atoms in total. The van der Waals surface area contributed by atoms with Gasteiger partial charge in [0.15, 0.2) is 0 Å². The summed E-state index contributed by atoms with van der Waals surface area (Å²) in [6, 6.07) is 9.75. The van der Waals surface area contributed by atoms with Crippen LogP contribution in [0.3, 0.4) is 0 Å². The molecule has 0 saturated heterocycles. The van der Waals surface area contributed by atoms with E-state index in [-0.39, 0.29) is 34.5 Å². The second-order valence-electron chi connectivity index (χ2n) is 16.3. The van der Waals surface area contributed by atoms with Gasteiger partial charge in [-0.3, -0.25) is 0 Å². The Balaban J connectivity index is 0.0000140. The van der Waals surface area contributed by atoms with Crippen molar-refractivity contribution in [2.45, 2.75) is 250 Å². The predicted molar refractivity (Wildman–Crippen MR) is 228 cm³/mol. The van der Waals surface area contributed by atoms with Crippen LogP contribution in [-0.2, 0) is 23.0 Å². The molecule has 2 rings (SSSR count). The zero-order valence-electron chi connectivity index (χ0n) is 35.5. The average Bonchev–Trinajstić information content (AvgIpc) is 3.13. The Kier molecular flexibility index (Phi) is 33.3. The fourth-order valence-electron chi connectivity index (χ4n) is 8.26. The standard InChI is InChI=1S/C48H84O3S.Na/c1-3-5-7-9-11-13-15-17-19-21-23-25-27-29-31-33-35-39-44-43-45-40-37-38-42-47(45)48(52(49,50)51)46(44)41-36-34-32-30-28-26-24-22-20-18-16-14-12-10-8-6-4-2;/h37-38,40,42-43H,3-36,39,41H2,1-2H3,(H,49,50,51);/q;+1/p-1. The van der Waals surface area contributed by atoms with Gasteiger partial charge in [-0.2, -0.15) is 0 Å². The van der Waals surface area contributed by atoms with Crippen LogP contribution >= 0.6 is 0 Å². The van der Waals surface area contributed by atoms with Gasteiger partial charge in [0.2, 0.25) is 0 Å². The number of hydrogen-bond donors (Lipinski definition) is 0. The van der Waals surface area contributed by atoms with Crippen LogP contribution in [-0.4, -0.2) is 13.0 Å². The molecule has 0 aliphatic rings. The Morgan fingerprint density at radius 1 is 0.434 bits per heavy atom. The minimum Gasteiger partial charge on any atom is -0.744 e. The number of fused-ring (bicyclic) bond motifs is 1. The first-order valence-corrected chi connectivity index (χ1v) is 24.4. The van der Waals surface area contributed by atoms with Crippen molar-refractivity contribution in [3.05, 3.63) is 41.5 Å². The maximum atomic E-state index is 12.7. The number of hydrogen-bond acceptors (Lipinski definition) is 3. The van der Waals surface area contributed by atoms with E-state index in [2.05, 4.69) is 19.9 Å². The average molecular weight is 763 g/mol. The molecular weight excluding hydrogens is 680 g/mol. The van der Waals surface area contributed by atoms with Crippen LogP contribution in [0.25, 0.3) is 10.8 Å². The van der Waals surface area contributed by atoms with Crippen molar-refractivity contribution in [2.24, 2.45) is 0 Å². The number of aryl methyl sites for hydroxylation is 1. The zero-order chi connectivity index (χ0) is 37.4. The van der Waals surface area contributed by atoms with Crippen molar-refractivity contribution in [3.8, 4) is 0 Å². The van der Waals surface area contributed by atoms with Gasteiger partial charge in [0, 0.05) is 0 Å². The first-order chi connectivity index (χ1) is 25.5. The van der Waals surface area contributed by atoms with Crippen LogP contribution in [0.4, 0.5) is 0 Å². The second-order valence-corrected chi connectivity index (χ2v) is 17.6. The Hall–Kier alpha value is -0.390. The molecule has 0 aliphatic carbocycles. The molecule has 0 atom stereocenters. The molecule has 0 aromatic heterocycles. The summed E-state index contributed by atoms with van der Waals surface area (Å²) in [7, 11) is -4.57. The van der Waals surface area contributed by atoms with Gasteiger partial charge in [-0.05, 0) is 47.6 Å². The minimum atomic E-state index is -4.57. The monoisotopic (exact) mass is 763 g/mol. The molecular formula is C48H83NaO3S. The summed E-state index contributed by atoms with van der Waals surface area (Å²) in [6.07, 6.45) is 47.0. The zero-order valence-corrected chi connectivity index (χ0v) is 38.3. The Bertz CT molecular complexity index is 1230. The second kappa shape index (κ2) is 34.8. The quantitative estimate of drug-likeness (QED) is 0.0391. The summed E-state index contributed by atoms with van der Waals surface area (Å²) >= 11 is 0. The molecule has 2 aromatic rings. The minimum absolute atomic E-state index is 0. The molecule has 0 N–H and O–H groups in total. The molecule has 0 aliphatic heterocycles. The third-order valence-corrected chi connectivity index (χ3v) is 12.5. The maximum absolute atomic E-state index is 12.7. The van der Waals surface area contributed by atoms with Crippen LogP contribution in [0.5, 0.6) is 0 Å². The van der Waals surface area contributed by atoms with Gasteiger partial charge in [0.25, 0.3) is 0 Å². The summed E-state index contributed by atoms with van der Waals surface area (Å²) in [5.74, 6) is 0. The molecule has 0 saturated carbocycles. The van der Waals surface area contributed by atoms with E-state index in [4.69, 9.17) is 0 Å². The molecule has 0 unspecified atom stereocenters. The maximum Gasteiger partial charge on any atom is 1.00 e. The van der Waals surface area contributed by atoms with E-state index < -0.39 is 10.1 Å². The van der Waals surface area contributed by atoms with Gasteiger partial charge in [-0.25, -0.2) is 8.42 Å². The van der Waals surface area contributed by atoms with Crippen molar-refractivity contribution in [3.63, 3.8) is 0 Å². The molecule has 300 valence electrons. The molecule has 0 radical (unpaired) electrons. The Labute approximate surface area is 352 Å². The summed E-state index contributed by atoms with van der Waals surface area (Å²) in [4.78, 5) is 0.0593. The predicted octanol–water partition coefficient (Wildman–Crippen LogP) is 13.1. The molecule has 0 spiro atoms. The molecule has 0 heterocycles.